The van der Waals surface area contributed by atoms with Gasteiger partial charge < -0.3 is 10.1 Å². The molecule has 1 heterocycles. The fraction of sp³-hybridized carbons (Fsp3) is 0.550. The molecule has 1 amide bonds. The van der Waals surface area contributed by atoms with Gasteiger partial charge in [-0.1, -0.05) is 25.1 Å². The average molecular weight is 330 g/mol. The van der Waals surface area contributed by atoms with Crippen LogP contribution in [0.4, 0.5) is 0 Å². The normalized spacial score (nSPS) is 19.4. The van der Waals surface area contributed by atoms with E-state index >= 15 is 0 Å². The second-order valence-electron chi connectivity index (χ2n) is 7.30. The minimum Gasteiger partial charge on any atom is -0.496 e. The Kier molecular flexibility index (Phi) is 6.44. The Balaban J connectivity index is 1.89. The van der Waals surface area contributed by atoms with Crippen molar-refractivity contribution in [2.24, 2.45) is 5.92 Å². The molecule has 0 saturated carbocycles. The first kappa shape index (κ1) is 18.5. The van der Waals surface area contributed by atoms with Gasteiger partial charge in [0.15, 0.2) is 0 Å². The summed E-state index contributed by atoms with van der Waals surface area (Å²) in [6.45, 7) is 9.58. The quantitative estimate of drug-likeness (QED) is 0.814. The molecule has 1 atom stereocenters. The lowest BCUT2D eigenvalue weighted by atomic mass is 9.93. The molecule has 1 N–H and O–H groups in total. The molecule has 132 valence electrons. The van der Waals surface area contributed by atoms with Crippen molar-refractivity contribution < 1.29 is 9.53 Å². The first-order chi connectivity index (χ1) is 11.4. The molecular formula is C20H30N2O2. The van der Waals surface area contributed by atoms with E-state index in [9.17, 15) is 4.79 Å². The summed E-state index contributed by atoms with van der Waals surface area (Å²) in [5, 5.41) is 3.03. The van der Waals surface area contributed by atoms with Crippen LogP contribution in [0.5, 0.6) is 5.75 Å². The fourth-order valence-corrected chi connectivity index (χ4v) is 3.18. The van der Waals surface area contributed by atoms with Gasteiger partial charge >= 0.3 is 0 Å². The van der Waals surface area contributed by atoms with E-state index in [0.717, 1.165) is 30.3 Å². The highest BCUT2D eigenvalue weighted by Gasteiger charge is 2.30. The second-order valence-corrected chi connectivity index (χ2v) is 7.30. The van der Waals surface area contributed by atoms with Gasteiger partial charge in [-0.3, -0.25) is 9.69 Å². The van der Waals surface area contributed by atoms with E-state index in [0.29, 0.717) is 6.54 Å². The topological polar surface area (TPSA) is 41.6 Å². The third-order valence-corrected chi connectivity index (χ3v) is 4.76. The van der Waals surface area contributed by atoms with Crippen LogP contribution in [0.2, 0.25) is 0 Å². The molecule has 1 unspecified atom stereocenters. The van der Waals surface area contributed by atoms with Crippen molar-refractivity contribution in [2.75, 3.05) is 26.7 Å². The molecule has 1 aliphatic rings. The number of carbonyl (C=O) groups excluding carboxylic acids is 1. The zero-order valence-corrected chi connectivity index (χ0v) is 15.3. The largest absolute Gasteiger partial charge is 0.496 e. The predicted octanol–water partition coefficient (Wildman–Crippen LogP) is 3.34. The van der Waals surface area contributed by atoms with E-state index in [4.69, 9.17) is 4.74 Å². The second kappa shape index (κ2) is 8.34. The van der Waals surface area contributed by atoms with Crippen LogP contribution in [0.25, 0.3) is 6.08 Å². The zero-order valence-electron chi connectivity index (χ0n) is 15.3. The maximum absolute atomic E-state index is 12.2. The number of nitrogens with zero attached hydrogens (tertiary/aromatic N) is 1. The molecule has 1 aromatic carbocycles. The first-order valence-corrected chi connectivity index (χ1v) is 8.76. The monoisotopic (exact) mass is 330 g/mol. The predicted molar refractivity (Wildman–Crippen MR) is 99.1 cm³/mol. The Morgan fingerprint density at radius 1 is 1.42 bits per heavy atom. The summed E-state index contributed by atoms with van der Waals surface area (Å²) in [6.07, 6.45) is 5.92. The van der Waals surface area contributed by atoms with E-state index in [2.05, 4.69) is 31.0 Å². The Morgan fingerprint density at radius 3 is 2.88 bits per heavy atom. The smallest absolute Gasteiger partial charge is 0.244 e. The number of benzene rings is 1. The van der Waals surface area contributed by atoms with Crippen molar-refractivity contribution in [3.8, 4) is 5.75 Å². The number of hydrogen-bond donors (Lipinski definition) is 1. The molecule has 0 radical (unpaired) electrons. The first-order valence-electron chi connectivity index (χ1n) is 8.76. The van der Waals surface area contributed by atoms with Crippen molar-refractivity contribution in [3.63, 3.8) is 0 Å². The summed E-state index contributed by atoms with van der Waals surface area (Å²) in [4.78, 5) is 14.6. The molecule has 1 aliphatic heterocycles. The minimum absolute atomic E-state index is 0.0252. The molecule has 0 aromatic heterocycles. The maximum Gasteiger partial charge on any atom is 0.244 e. The molecule has 2 rings (SSSR count). The number of rotatable bonds is 6. The lowest BCUT2D eigenvalue weighted by molar-refractivity contribution is -0.117. The molecule has 1 fully saturated rings. The molecule has 1 saturated heterocycles. The summed E-state index contributed by atoms with van der Waals surface area (Å²) in [7, 11) is 1.63. The van der Waals surface area contributed by atoms with Crippen LogP contribution in [0.15, 0.2) is 30.3 Å². The Morgan fingerprint density at radius 2 is 2.17 bits per heavy atom. The standard InChI is InChI=1S/C20H30N2O2/c1-16-8-7-13-22(14-16)20(2,3)15-21-19(23)12-11-17-9-5-6-10-18(17)24-4/h5-6,9-12,16H,7-8,13-15H2,1-4H3,(H,21,23)/b12-11+. The van der Waals surface area contributed by atoms with Gasteiger partial charge in [-0.05, 0) is 51.3 Å². The third-order valence-electron chi connectivity index (χ3n) is 4.76. The van der Waals surface area contributed by atoms with Gasteiger partial charge in [0.1, 0.15) is 5.75 Å². The van der Waals surface area contributed by atoms with Crippen LogP contribution in [-0.2, 0) is 4.79 Å². The van der Waals surface area contributed by atoms with E-state index in [1.54, 1.807) is 19.3 Å². The molecule has 0 aliphatic carbocycles. The molecule has 4 nitrogen and oxygen atoms in total. The number of carbonyl (C=O) groups is 1. The van der Waals surface area contributed by atoms with Crippen LogP contribution in [-0.4, -0.2) is 43.1 Å². The molecule has 1 aromatic rings. The number of piperidine rings is 1. The van der Waals surface area contributed by atoms with Gasteiger partial charge in [-0.15, -0.1) is 0 Å². The summed E-state index contributed by atoms with van der Waals surface area (Å²) >= 11 is 0. The van der Waals surface area contributed by atoms with Crippen LogP contribution >= 0.6 is 0 Å². The van der Waals surface area contributed by atoms with Crippen molar-refractivity contribution in [1.82, 2.24) is 10.2 Å². The third kappa shape index (κ3) is 5.10. The Labute approximate surface area is 145 Å². The van der Waals surface area contributed by atoms with E-state index in [1.165, 1.54) is 12.8 Å². The highest BCUT2D eigenvalue weighted by Crippen LogP contribution is 2.23. The van der Waals surface area contributed by atoms with Gasteiger partial charge in [0.05, 0.1) is 7.11 Å². The number of methoxy groups -OCH3 is 1. The minimum atomic E-state index is -0.0703. The highest BCUT2D eigenvalue weighted by atomic mass is 16.5. The fourth-order valence-electron chi connectivity index (χ4n) is 3.18. The highest BCUT2D eigenvalue weighted by molar-refractivity contribution is 5.92. The van der Waals surface area contributed by atoms with Crippen LogP contribution in [0.1, 0.15) is 39.2 Å². The molecule has 4 heteroatoms. The van der Waals surface area contributed by atoms with Crippen LogP contribution in [0.3, 0.4) is 0 Å². The molecule has 24 heavy (non-hydrogen) atoms. The van der Waals surface area contributed by atoms with Gasteiger partial charge in [-0.2, -0.15) is 0 Å². The lowest BCUT2D eigenvalue weighted by Gasteiger charge is -2.43. The number of ether oxygens (including phenoxy) is 1. The van der Waals surface area contributed by atoms with Gasteiger partial charge in [0.2, 0.25) is 5.91 Å². The molecule has 0 spiro atoms. The molecular weight excluding hydrogens is 300 g/mol. The maximum atomic E-state index is 12.2. The van der Waals surface area contributed by atoms with Crippen LogP contribution in [0, 0.1) is 5.92 Å². The Bertz CT molecular complexity index is 581. The van der Waals surface area contributed by atoms with Crippen LogP contribution < -0.4 is 10.1 Å². The number of amides is 1. The van der Waals surface area contributed by atoms with Crippen molar-refractivity contribution in [3.05, 3.63) is 35.9 Å². The van der Waals surface area contributed by atoms with E-state index in [1.807, 2.05) is 24.3 Å². The lowest BCUT2D eigenvalue weighted by Crippen LogP contribution is -2.54. The summed E-state index contributed by atoms with van der Waals surface area (Å²) in [6, 6.07) is 7.67. The van der Waals surface area contributed by atoms with Gasteiger partial charge in [-0.25, -0.2) is 0 Å². The Hall–Kier alpha value is -1.81. The van der Waals surface area contributed by atoms with Crippen molar-refractivity contribution in [2.45, 2.75) is 39.2 Å². The summed E-state index contributed by atoms with van der Waals surface area (Å²) < 4.78 is 5.29. The average Bonchev–Trinajstić information content (AvgIpc) is 2.58. The number of para-hydroxylation sites is 1. The van der Waals surface area contributed by atoms with Crippen molar-refractivity contribution in [1.29, 1.82) is 0 Å². The SMILES string of the molecule is COc1ccccc1/C=C/C(=O)NCC(C)(C)N1CCCC(C)C1. The number of hydrogen-bond acceptors (Lipinski definition) is 3. The van der Waals surface area contributed by atoms with Gasteiger partial charge in [0.25, 0.3) is 0 Å². The van der Waals surface area contributed by atoms with E-state index < -0.39 is 0 Å². The summed E-state index contributed by atoms with van der Waals surface area (Å²) in [5.74, 6) is 1.43. The number of likely N-dealkylation sites (tertiary alicyclic amines) is 1. The summed E-state index contributed by atoms with van der Waals surface area (Å²) in [5.41, 5.74) is 0.877. The van der Waals surface area contributed by atoms with E-state index in [-0.39, 0.29) is 11.4 Å². The van der Waals surface area contributed by atoms with Crippen molar-refractivity contribution >= 4 is 12.0 Å². The number of nitrogens with one attached hydrogen (secondary N) is 1. The van der Waals surface area contributed by atoms with Gasteiger partial charge in [0, 0.05) is 30.3 Å². The molecule has 0 bridgehead atoms. The zero-order chi connectivity index (χ0) is 17.6.